The fourth-order valence-electron chi connectivity index (χ4n) is 1.91. The van der Waals surface area contributed by atoms with Crippen molar-refractivity contribution in [1.29, 1.82) is 0 Å². The van der Waals surface area contributed by atoms with Gasteiger partial charge in [-0.3, -0.25) is 0 Å². The summed E-state index contributed by atoms with van der Waals surface area (Å²) in [6.45, 7) is 0. The van der Waals surface area contributed by atoms with Crippen LogP contribution in [0.25, 0.3) is 17.0 Å². The van der Waals surface area contributed by atoms with E-state index in [1.165, 1.54) is 41.0 Å². The van der Waals surface area contributed by atoms with Crippen molar-refractivity contribution in [2.45, 2.75) is 6.18 Å². The van der Waals surface area contributed by atoms with Crippen LogP contribution in [0.3, 0.4) is 0 Å². The SMILES string of the molecule is Oc1ccc2nc(-c3ccccc3C(F)(F)F)nn2c1. The maximum absolute atomic E-state index is 13.0. The Hall–Kier alpha value is -2.57. The quantitative estimate of drug-likeness (QED) is 0.744. The molecule has 2 heterocycles. The molecule has 1 aromatic carbocycles. The minimum Gasteiger partial charge on any atom is -0.506 e. The number of aromatic nitrogens is 3. The summed E-state index contributed by atoms with van der Waals surface area (Å²) < 4.78 is 40.1. The maximum atomic E-state index is 13.0. The molecule has 0 atom stereocenters. The fraction of sp³-hybridized carbons (Fsp3) is 0.0769. The zero-order chi connectivity index (χ0) is 14.3. The molecular weight excluding hydrogens is 271 g/mol. The number of benzene rings is 1. The number of hydrogen-bond donors (Lipinski definition) is 1. The molecule has 7 heteroatoms. The van der Waals surface area contributed by atoms with Crippen molar-refractivity contribution in [1.82, 2.24) is 14.6 Å². The summed E-state index contributed by atoms with van der Waals surface area (Å²) in [7, 11) is 0. The van der Waals surface area contributed by atoms with Crippen LogP contribution in [-0.2, 0) is 6.18 Å². The highest BCUT2D eigenvalue weighted by Crippen LogP contribution is 2.35. The Balaban J connectivity index is 2.21. The summed E-state index contributed by atoms with van der Waals surface area (Å²) in [6.07, 6.45) is -3.20. The van der Waals surface area contributed by atoms with Crippen LogP contribution in [0.15, 0.2) is 42.6 Å². The molecule has 0 aliphatic heterocycles. The van der Waals surface area contributed by atoms with Crippen molar-refractivity contribution in [3.8, 4) is 17.1 Å². The van der Waals surface area contributed by atoms with Gasteiger partial charge in [-0.15, -0.1) is 5.10 Å². The number of rotatable bonds is 1. The van der Waals surface area contributed by atoms with E-state index in [1.807, 2.05) is 0 Å². The van der Waals surface area contributed by atoms with E-state index in [0.717, 1.165) is 6.07 Å². The van der Waals surface area contributed by atoms with Gasteiger partial charge in [0.1, 0.15) is 5.75 Å². The number of aromatic hydroxyl groups is 1. The molecule has 0 saturated heterocycles. The molecule has 1 N–H and O–H groups in total. The first-order valence-electron chi connectivity index (χ1n) is 5.67. The Kier molecular flexibility index (Phi) is 2.63. The third-order valence-corrected chi connectivity index (χ3v) is 2.79. The average Bonchev–Trinajstić information content (AvgIpc) is 2.80. The van der Waals surface area contributed by atoms with Crippen LogP contribution in [-0.4, -0.2) is 19.7 Å². The second kappa shape index (κ2) is 4.22. The highest BCUT2D eigenvalue weighted by atomic mass is 19.4. The van der Waals surface area contributed by atoms with Gasteiger partial charge < -0.3 is 5.11 Å². The first-order chi connectivity index (χ1) is 9.45. The van der Waals surface area contributed by atoms with Gasteiger partial charge in [0, 0.05) is 5.56 Å². The molecule has 3 rings (SSSR count). The number of fused-ring (bicyclic) bond motifs is 1. The summed E-state index contributed by atoms with van der Waals surface area (Å²) in [6, 6.07) is 7.98. The van der Waals surface area contributed by atoms with Crippen molar-refractivity contribution < 1.29 is 18.3 Å². The lowest BCUT2D eigenvalue weighted by molar-refractivity contribution is -0.137. The average molecular weight is 279 g/mol. The molecule has 20 heavy (non-hydrogen) atoms. The maximum Gasteiger partial charge on any atom is 0.417 e. The van der Waals surface area contributed by atoms with E-state index in [-0.39, 0.29) is 17.1 Å². The minimum absolute atomic E-state index is 0.0384. The van der Waals surface area contributed by atoms with Crippen molar-refractivity contribution >= 4 is 5.65 Å². The lowest BCUT2D eigenvalue weighted by Crippen LogP contribution is -2.07. The standard InChI is InChI=1S/C13H8F3N3O/c14-13(15,16)10-4-2-1-3-9(10)12-17-11-6-5-8(20)7-19(11)18-12/h1-7,20H. The molecule has 0 aliphatic carbocycles. The molecule has 0 fully saturated rings. The van der Waals surface area contributed by atoms with Crippen molar-refractivity contribution in [2.75, 3.05) is 0 Å². The summed E-state index contributed by atoms with van der Waals surface area (Å²) in [4.78, 5) is 4.04. The van der Waals surface area contributed by atoms with Gasteiger partial charge in [0.2, 0.25) is 0 Å². The molecule has 0 radical (unpaired) electrons. The smallest absolute Gasteiger partial charge is 0.417 e. The Morgan fingerprint density at radius 3 is 2.55 bits per heavy atom. The van der Waals surface area contributed by atoms with Crippen LogP contribution in [0.2, 0.25) is 0 Å². The second-order valence-corrected chi connectivity index (χ2v) is 4.17. The second-order valence-electron chi connectivity index (χ2n) is 4.17. The zero-order valence-electron chi connectivity index (χ0n) is 9.96. The molecule has 0 bridgehead atoms. The van der Waals surface area contributed by atoms with Crippen molar-refractivity contribution in [2.24, 2.45) is 0 Å². The molecule has 2 aromatic heterocycles. The molecule has 0 saturated carbocycles. The van der Waals surface area contributed by atoms with Gasteiger partial charge in [0.25, 0.3) is 0 Å². The first kappa shape index (κ1) is 12.5. The lowest BCUT2D eigenvalue weighted by Gasteiger charge is -2.09. The Morgan fingerprint density at radius 2 is 1.80 bits per heavy atom. The topological polar surface area (TPSA) is 50.4 Å². The van der Waals surface area contributed by atoms with Crippen LogP contribution >= 0.6 is 0 Å². The van der Waals surface area contributed by atoms with Crippen molar-refractivity contribution in [3.63, 3.8) is 0 Å². The van der Waals surface area contributed by atoms with E-state index in [4.69, 9.17) is 0 Å². The van der Waals surface area contributed by atoms with Gasteiger partial charge in [0.15, 0.2) is 11.5 Å². The third kappa shape index (κ3) is 2.07. The van der Waals surface area contributed by atoms with Gasteiger partial charge >= 0.3 is 6.18 Å². The van der Waals surface area contributed by atoms with Crippen LogP contribution < -0.4 is 0 Å². The predicted octanol–water partition coefficient (Wildman–Crippen LogP) is 3.12. The van der Waals surface area contributed by atoms with E-state index in [2.05, 4.69) is 10.1 Å². The molecule has 102 valence electrons. The molecule has 3 aromatic rings. The van der Waals surface area contributed by atoms with Gasteiger partial charge in [-0.05, 0) is 18.2 Å². The third-order valence-electron chi connectivity index (χ3n) is 2.79. The van der Waals surface area contributed by atoms with E-state index in [9.17, 15) is 18.3 Å². The predicted molar refractivity (Wildman–Crippen MR) is 65.1 cm³/mol. The number of pyridine rings is 1. The largest absolute Gasteiger partial charge is 0.506 e. The molecule has 0 spiro atoms. The molecule has 4 nitrogen and oxygen atoms in total. The molecule has 0 unspecified atom stereocenters. The Bertz CT molecular complexity index is 780. The highest BCUT2D eigenvalue weighted by Gasteiger charge is 2.34. The fourth-order valence-corrected chi connectivity index (χ4v) is 1.91. The number of halogens is 3. The van der Waals surface area contributed by atoms with Crippen LogP contribution in [0.1, 0.15) is 5.56 Å². The summed E-state index contributed by atoms with van der Waals surface area (Å²) in [5.41, 5.74) is -0.530. The minimum atomic E-state index is -4.48. The van der Waals surface area contributed by atoms with E-state index >= 15 is 0 Å². The summed E-state index contributed by atoms with van der Waals surface area (Å²) >= 11 is 0. The Labute approximate surface area is 111 Å². The molecule has 0 amide bonds. The normalized spacial score (nSPS) is 11.9. The molecule has 0 aliphatic rings. The number of alkyl halides is 3. The monoisotopic (exact) mass is 279 g/mol. The van der Waals surface area contributed by atoms with E-state index in [1.54, 1.807) is 0 Å². The van der Waals surface area contributed by atoms with Gasteiger partial charge in [-0.25, -0.2) is 9.50 Å². The first-order valence-corrected chi connectivity index (χ1v) is 5.67. The zero-order valence-corrected chi connectivity index (χ0v) is 9.96. The Morgan fingerprint density at radius 1 is 1.05 bits per heavy atom. The van der Waals surface area contributed by atoms with Crippen molar-refractivity contribution in [3.05, 3.63) is 48.2 Å². The summed E-state index contributed by atoms with van der Waals surface area (Å²) in [5.74, 6) is -0.0819. The number of hydrogen-bond acceptors (Lipinski definition) is 3. The van der Waals surface area contributed by atoms with Gasteiger partial charge in [-0.1, -0.05) is 18.2 Å². The van der Waals surface area contributed by atoms with Crippen LogP contribution in [0.5, 0.6) is 5.75 Å². The van der Waals surface area contributed by atoms with Crippen LogP contribution in [0.4, 0.5) is 13.2 Å². The lowest BCUT2D eigenvalue weighted by atomic mass is 10.1. The number of nitrogens with zero attached hydrogens (tertiary/aromatic N) is 3. The summed E-state index contributed by atoms with van der Waals surface area (Å²) in [5, 5.41) is 13.3. The van der Waals surface area contributed by atoms with Crippen LogP contribution in [0, 0.1) is 0 Å². The highest BCUT2D eigenvalue weighted by molar-refractivity contribution is 5.63. The van der Waals surface area contributed by atoms with Gasteiger partial charge in [0.05, 0.1) is 11.8 Å². The van der Waals surface area contributed by atoms with E-state index < -0.39 is 11.7 Å². The van der Waals surface area contributed by atoms with E-state index in [0.29, 0.717) is 5.65 Å². The molecular formula is C13H8F3N3O. The van der Waals surface area contributed by atoms with Gasteiger partial charge in [-0.2, -0.15) is 13.2 Å².